The van der Waals surface area contributed by atoms with Crippen LogP contribution in [0.15, 0.2) is 23.1 Å². The first-order chi connectivity index (χ1) is 13.0. The Hall–Kier alpha value is -1.35. The number of halogens is 1. The summed E-state index contributed by atoms with van der Waals surface area (Å²) in [6, 6.07) is 4.76. The lowest BCUT2D eigenvalue weighted by Crippen LogP contribution is -2.44. The van der Waals surface area contributed by atoms with Gasteiger partial charge in [-0.15, -0.1) is 24.2 Å². The summed E-state index contributed by atoms with van der Waals surface area (Å²) in [5.41, 5.74) is 0.356. The SMILES string of the molecule is CC(C)CCSc1ccc(C(=O)NCCCN2CCNCC2)cc1[N+](=O)[O-].Cl. The van der Waals surface area contributed by atoms with Gasteiger partial charge in [-0.25, -0.2) is 0 Å². The maximum Gasteiger partial charge on any atom is 0.283 e. The molecule has 1 heterocycles. The molecule has 0 atom stereocenters. The molecule has 0 aliphatic carbocycles. The molecule has 0 aromatic heterocycles. The highest BCUT2D eigenvalue weighted by Crippen LogP contribution is 2.31. The van der Waals surface area contributed by atoms with Gasteiger partial charge in [0.1, 0.15) is 0 Å². The van der Waals surface area contributed by atoms with E-state index in [4.69, 9.17) is 0 Å². The smallest absolute Gasteiger partial charge is 0.283 e. The quantitative estimate of drug-likeness (QED) is 0.256. The summed E-state index contributed by atoms with van der Waals surface area (Å²) >= 11 is 1.48. The lowest BCUT2D eigenvalue weighted by molar-refractivity contribution is -0.387. The van der Waals surface area contributed by atoms with Gasteiger partial charge in [-0.1, -0.05) is 13.8 Å². The lowest BCUT2D eigenvalue weighted by atomic mass is 10.2. The molecule has 1 fully saturated rings. The number of piperazine rings is 1. The maximum absolute atomic E-state index is 12.3. The summed E-state index contributed by atoms with van der Waals surface area (Å²) in [5.74, 6) is 1.13. The van der Waals surface area contributed by atoms with Crippen molar-refractivity contribution < 1.29 is 9.72 Å². The second kappa shape index (κ2) is 13.0. The van der Waals surface area contributed by atoms with E-state index in [-0.39, 0.29) is 24.0 Å². The summed E-state index contributed by atoms with van der Waals surface area (Å²) in [5, 5.41) is 17.6. The molecule has 1 amide bonds. The molecule has 28 heavy (non-hydrogen) atoms. The number of benzene rings is 1. The van der Waals surface area contributed by atoms with E-state index >= 15 is 0 Å². The number of carbonyl (C=O) groups is 1. The third kappa shape index (κ3) is 8.34. The van der Waals surface area contributed by atoms with E-state index in [2.05, 4.69) is 29.4 Å². The zero-order valence-corrected chi connectivity index (χ0v) is 18.2. The number of nitro groups is 1. The van der Waals surface area contributed by atoms with E-state index in [0.29, 0.717) is 22.9 Å². The molecule has 0 saturated carbocycles. The van der Waals surface area contributed by atoms with Gasteiger partial charge < -0.3 is 15.5 Å². The van der Waals surface area contributed by atoms with E-state index in [1.807, 2.05) is 0 Å². The van der Waals surface area contributed by atoms with Crippen LogP contribution in [0, 0.1) is 16.0 Å². The van der Waals surface area contributed by atoms with E-state index in [0.717, 1.165) is 51.3 Å². The van der Waals surface area contributed by atoms with Crippen molar-refractivity contribution in [3.63, 3.8) is 0 Å². The van der Waals surface area contributed by atoms with Gasteiger partial charge >= 0.3 is 0 Å². The van der Waals surface area contributed by atoms with Crippen LogP contribution >= 0.6 is 24.2 Å². The number of nitrogens with zero attached hydrogens (tertiary/aromatic N) is 2. The van der Waals surface area contributed by atoms with Gasteiger partial charge in [-0.2, -0.15) is 0 Å². The molecule has 1 aromatic carbocycles. The third-order valence-corrected chi connectivity index (χ3v) is 5.61. The number of nitrogens with one attached hydrogen (secondary N) is 2. The van der Waals surface area contributed by atoms with Crippen LogP contribution in [-0.4, -0.2) is 60.8 Å². The van der Waals surface area contributed by atoms with Crippen molar-refractivity contribution in [2.75, 3.05) is 45.0 Å². The molecule has 0 spiro atoms. The van der Waals surface area contributed by atoms with Crippen molar-refractivity contribution >= 4 is 35.8 Å². The van der Waals surface area contributed by atoms with E-state index in [9.17, 15) is 14.9 Å². The second-order valence-corrected chi connectivity index (χ2v) is 8.31. The maximum atomic E-state index is 12.3. The number of hydrogen-bond donors (Lipinski definition) is 2. The summed E-state index contributed by atoms with van der Waals surface area (Å²) in [7, 11) is 0. The summed E-state index contributed by atoms with van der Waals surface area (Å²) in [6.45, 7) is 9.88. The Morgan fingerprint density at radius 2 is 2.07 bits per heavy atom. The Morgan fingerprint density at radius 3 is 2.71 bits per heavy atom. The van der Waals surface area contributed by atoms with Gasteiger partial charge in [-0.05, 0) is 43.2 Å². The molecule has 158 valence electrons. The third-order valence-electron chi connectivity index (χ3n) is 4.52. The molecular formula is C19H31ClN4O3S. The summed E-state index contributed by atoms with van der Waals surface area (Å²) < 4.78 is 0. The van der Waals surface area contributed by atoms with Gasteiger partial charge in [0.15, 0.2) is 0 Å². The molecule has 1 aromatic rings. The van der Waals surface area contributed by atoms with E-state index in [1.54, 1.807) is 12.1 Å². The fourth-order valence-electron chi connectivity index (χ4n) is 2.87. The number of thioether (sulfide) groups is 1. The zero-order valence-electron chi connectivity index (χ0n) is 16.6. The van der Waals surface area contributed by atoms with Crippen LogP contribution in [-0.2, 0) is 0 Å². The molecule has 0 unspecified atom stereocenters. The van der Waals surface area contributed by atoms with Crippen molar-refractivity contribution in [1.29, 1.82) is 0 Å². The molecule has 9 heteroatoms. The van der Waals surface area contributed by atoms with Crippen LogP contribution in [0.3, 0.4) is 0 Å². The Balaban J connectivity index is 0.00000392. The summed E-state index contributed by atoms with van der Waals surface area (Å²) in [6.07, 6.45) is 1.87. The van der Waals surface area contributed by atoms with Gasteiger partial charge in [0.2, 0.25) is 0 Å². The predicted octanol–water partition coefficient (Wildman–Crippen LogP) is 3.18. The highest BCUT2D eigenvalue weighted by atomic mass is 35.5. The number of hydrogen-bond acceptors (Lipinski definition) is 6. The second-order valence-electron chi connectivity index (χ2n) is 7.17. The minimum Gasteiger partial charge on any atom is -0.352 e. The largest absolute Gasteiger partial charge is 0.352 e. The van der Waals surface area contributed by atoms with Crippen LogP contribution in [0.5, 0.6) is 0 Å². The first-order valence-corrected chi connectivity index (χ1v) is 10.6. The molecule has 1 saturated heterocycles. The monoisotopic (exact) mass is 430 g/mol. The molecule has 1 aliphatic heterocycles. The number of nitro benzene ring substituents is 1. The van der Waals surface area contributed by atoms with Crippen molar-refractivity contribution in [3.05, 3.63) is 33.9 Å². The van der Waals surface area contributed by atoms with Crippen molar-refractivity contribution in [2.24, 2.45) is 5.92 Å². The molecular weight excluding hydrogens is 400 g/mol. The first kappa shape index (κ1) is 24.7. The molecule has 2 rings (SSSR count). The van der Waals surface area contributed by atoms with Crippen molar-refractivity contribution in [3.8, 4) is 0 Å². The Labute approximate surface area is 177 Å². The van der Waals surface area contributed by atoms with E-state index in [1.165, 1.54) is 17.8 Å². The van der Waals surface area contributed by atoms with Crippen LogP contribution in [0.25, 0.3) is 0 Å². The Bertz CT molecular complexity index is 640. The molecule has 1 aliphatic rings. The standard InChI is InChI=1S/C19H30N4O3S.ClH/c1-15(2)6-13-27-18-5-4-16(14-17(18)23(25)26)19(24)21-7-3-10-22-11-8-20-9-12-22;/h4-5,14-15,20H,3,6-13H2,1-2H3,(H,21,24);1H. The van der Waals surface area contributed by atoms with Crippen molar-refractivity contribution in [2.45, 2.75) is 31.6 Å². The number of amides is 1. The number of carbonyl (C=O) groups excluding carboxylic acids is 1. The van der Waals surface area contributed by atoms with Crippen LogP contribution < -0.4 is 10.6 Å². The lowest BCUT2D eigenvalue weighted by Gasteiger charge is -2.27. The normalized spacial score (nSPS) is 14.5. The zero-order chi connectivity index (χ0) is 19.6. The molecule has 2 N–H and O–H groups in total. The minimum atomic E-state index is -0.404. The Kier molecular flexibility index (Phi) is 11.4. The van der Waals surface area contributed by atoms with Crippen LogP contribution in [0.2, 0.25) is 0 Å². The predicted molar refractivity (Wildman–Crippen MR) is 117 cm³/mol. The number of rotatable bonds is 10. The Morgan fingerprint density at radius 1 is 1.36 bits per heavy atom. The van der Waals surface area contributed by atoms with Gasteiger partial charge in [0.05, 0.1) is 9.82 Å². The van der Waals surface area contributed by atoms with Gasteiger partial charge in [0, 0.05) is 44.4 Å². The van der Waals surface area contributed by atoms with Crippen molar-refractivity contribution in [1.82, 2.24) is 15.5 Å². The minimum absolute atomic E-state index is 0. The molecule has 0 radical (unpaired) electrons. The highest BCUT2D eigenvalue weighted by Gasteiger charge is 2.18. The highest BCUT2D eigenvalue weighted by molar-refractivity contribution is 7.99. The van der Waals surface area contributed by atoms with Gasteiger partial charge in [0.25, 0.3) is 11.6 Å². The van der Waals surface area contributed by atoms with Gasteiger partial charge in [-0.3, -0.25) is 14.9 Å². The average molecular weight is 431 g/mol. The molecule has 0 bridgehead atoms. The van der Waals surface area contributed by atoms with Crippen LogP contribution in [0.1, 0.15) is 37.0 Å². The topological polar surface area (TPSA) is 87.5 Å². The molecule has 7 nitrogen and oxygen atoms in total. The van der Waals surface area contributed by atoms with E-state index < -0.39 is 4.92 Å². The fraction of sp³-hybridized carbons (Fsp3) is 0.632. The van der Waals surface area contributed by atoms with Crippen LogP contribution in [0.4, 0.5) is 5.69 Å². The summed E-state index contributed by atoms with van der Waals surface area (Å²) in [4.78, 5) is 26.3. The average Bonchev–Trinajstić information content (AvgIpc) is 2.65. The fourth-order valence-corrected chi connectivity index (χ4v) is 4.12. The first-order valence-electron chi connectivity index (χ1n) is 9.60.